The number of nitrogen functional groups attached to an aromatic ring is 1. The Hall–Kier alpha value is -3.30. The lowest BCUT2D eigenvalue weighted by Gasteiger charge is -2.10. The average molecular weight is 344 g/mol. The molecule has 3 aromatic heterocycles. The van der Waals surface area contributed by atoms with Crippen molar-refractivity contribution in [2.45, 2.75) is 26.9 Å². The van der Waals surface area contributed by atoms with Gasteiger partial charge in [-0.15, -0.1) is 0 Å². The Morgan fingerprint density at radius 2 is 2.20 bits per heavy atom. The van der Waals surface area contributed by atoms with Crippen molar-refractivity contribution in [3.8, 4) is 5.88 Å². The number of nitrogens with zero attached hydrogens (tertiary/aromatic N) is 5. The van der Waals surface area contributed by atoms with Crippen LogP contribution in [0, 0.1) is 6.92 Å². The SMILES string of the molecule is CCn1nc(C)cc1NC(=O)NCCn1ccc2c(O)nc(N)nc21. The molecule has 132 valence electrons. The Balaban J connectivity index is 1.60. The molecule has 0 aliphatic rings. The highest BCUT2D eigenvalue weighted by atomic mass is 16.3. The molecule has 0 fully saturated rings. The number of amides is 2. The first kappa shape index (κ1) is 16.6. The quantitative estimate of drug-likeness (QED) is 0.546. The van der Waals surface area contributed by atoms with Crippen molar-refractivity contribution in [3.05, 3.63) is 24.0 Å². The number of anilines is 2. The average Bonchev–Trinajstić information content (AvgIpc) is 3.11. The Kier molecular flexibility index (Phi) is 4.42. The molecule has 10 heteroatoms. The number of nitrogens with one attached hydrogen (secondary N) is 2. The van der Waals surface area contributed by atoms with Gasteiger partial charge in [0.15, 0.2) is 0 Å². The van der Waals surface area contributed by atoms with E-state index in [4.69, 9.17) is 5.73 Å². The van der Waals surface area contributed by atoms with E-state index in [9.17, 15) is 9.90 Å². The highest BCUT2D eigenvalue weighted by molar-refractivity contribution is 5.88. The van der Waals surface area contributed by atoms with Crippen LogP contribution >= 0.6 is 0 Å². The summed E-state index contributed by atoms with van der Waals surface area (Å²) in [5.74, 6) is 0.489. The molecule has 0 atom stereocenters. The summed E-state index contributed by atoms with van der Waals surface area (Å²) in [7, 11) is 0. The van der Waals surface area contributed by atoms with Crippen molar-refractivity contribution >= 4 is 28.8 Å². The topological polar surface area (TPSA) is 136 Å². The van der Waals surface area contributed by atoms with Gasteiger partial charge in [0.25, 0.3) is 0 Å². The van der Waals surface area contributed by atoms with E-state index in [0.717, 1.165) is 5.69 Å². The van der Waals surface area contributed by atoms with E-state index < -0.39 is 0 Å². The molecule has 0 aliphatic heterocycles. The Morgan fingerprint density at radius 1 is 1.40 bits per heavy atom. The van der Waals surface area contributed by atoms with Gasteiger partial charge in [0.2, 0.25) is 11.8 Å². The summed E-state index contributed by atoms with van der Waals surface area (Å²) in [4.78, 5) is 19.9. The largest absolute Gasteiger partial charge is 0.493 e. The Bertz CT molecular complexity index is 914. The van der Waals surface area contributed by atoms with E-state index >= 15 is 0 Å². The number of hydrogen-bond donors (Lipinski definition) is 4. The summed E-state index contributed by atoms with van der Waals surface area (Å²) in [6.45, 7) is 5.34. The third kappa shape index (κ3) is 3.47. The fourth-order valence-electron chi connectivity index (χ4n) is 2.58. The summed E-state index contributed by atoms with van der Waals surface area (Å²) < 4.78 is 3.50. The zero-order valence-corrected chi connectivity index (χ0v) is 14.0. The predicted octanol–water partition coefficient (Wildman–Crippen LogP) is 1.07. The molecule has 0 bridgehead atoms. The van der Waals surface area contributed by atoms with E-state index in [1.807, 2.05) is 19.9 Å². The van der Waals surface area contributed by atoms with Gasteiger partial charge < -0.3 is 20.7 Å². The van der Waals surface area contributed by atoms with Gasteiger partial charge in [-0.05, 0) is 19.9 Å². The molecular formula is C15H20N8O2. The first-order valence-electron chi connectivity index (χ1n) is 7.88. The minimum atomic E-state index is -0.317. The van der Waals surface area contributed by atoms with Gasteiger partial charge in [-0.25, -0.2) is 9.48 Å². The van der Waals surface area contributed by atoms with Gasteiger partial charge in [-0.2, -0.15) is 15.1 Å². The molecule has 3 aromatic rings. The van der Waals surface area contributed by atoms with Crippen LogP contribution < -0.4 is 16.4 Å². The van der Waals surface area contributed by atoms with Gasteiger partial charge in [0.1, 0.15) is 11.5 Å². The van der Waals surface area contributed by atoms with Crippen molar-refractivity contribution in [1.82, 2.24) is 29.6 Å². The van der Waals surface area contributed by atoms with E-state index in [1.54, 1.807) is 21.5 Å². The van der Waals surface area contributed by atoms with Crippen LogP contribution in [0.15, 0.2) is 18.3 Å². The lowest BCUT2D eigenvalue weighted by molar-refractivity contribution is 0.251. The third-order valence-electron chi connectivity index (χ3n) is 3.70. The number of fused-ring (bicyclic) bond motifs is 1. The zero-order chi connectivity index (χ0) is 18.0. The maximum absolute atomic E-state index is 12.0. The van der Waals surface area contributed by atoms with Crippen molar-refractivity contribution < 1.29 is 9.90 Å². The van der Waals surface area contributed by atoms with Gasteiger partial charge in [0, 0.05) is 31.9 Å². The number of rotatable bonds is 5. The molecule has 0 saturated heterocycles. The van der Waals surface area contributed by atoms with Crippen molar-refractivity contribution in [2.24, 2.45) is 0 Å². The first-order valence-corrected chi connectivity index (χ1v) is 7.88. The molecule has 3 heterocycles. The lowest BCUT2D eigenvalue weighted by Crippen LogP contribution is -2.32. The number of carbonyl (C=O) groups is 1. The number of aromatic hydroxyl groups is 1. The normalized spacial score (nSPS) is 11.0. The smallest absolute Gasteiger partial charge is 0.320 e. The molecular weight excluding hydrogens is 324 g/mol. The van der Waals surface area contributed by atoms with Crippen LogP contribution in [0.3, 0.4) is 0 Å². The zero-order valence-electron chi connectivity index (χ0n) is 14.0. The highest BCUT2D eigenvalue weighted by Gasteiger charge is 2.11. The summed E-state index contributed by atoms with van der Waals surface area (Å²) in [6, 6.07) is 3.20. The summed E-state index contributed by atoms with van der Waals surface area (Å²) in [5, 5.41) is 20.1. The van der Waals surface area contributed by atoms with Gasteiger partial charge in [-0.1, -0.05) is 0 Å². The molecule has 5 N–H and O–H groups in total. The van der Waals surface area contributed by atoms with Crippen LogP contribution in [0.25, 0.3) is 11.0 Å². The molecule has 0 aromatic carbocycles. The molecule has 10 nitrogen and oxygen atoms in total. The number of aromatic nitrogens is 5. The maximum Gasteiger partial charge on any atom is 0.320 e. The fraction of sp³-hybridized carbons (Fsp3) is 0.333. The molecule has 3 rings (SSSR count). The molecule has 0 radical (unpaired) electrons. The molecule has 2 amide bonds. The lowest BCUT2D eigenvalue weighted by atomic mass is 10.4. The van der Waals surface area contributed by atoms with Crippen LogP contribution in [0.5, 0.6) is 5.88 Å². The second kappa shape index (κ2) is 6.67. The van der Waals surface area contributed by atoms with Crippen LogP contribution in [-0.4, -0.2) is 42.0 Å². The van der Waals surface area contributed by atoms with Crippen molar-refractivity contribution in [1.29, 1.82) is 0 Å². The monoisotopic (exact) mass is 344 g/mol. The predicted molar refractivity (Wildman–Crippen MR) is 93.3 cm³/mol. The molecule has 25 heavy (non-hydrogen) atoms. The van der Waals surface area contributed by atoms with E-state index in [2.05, 4.69) is 25.7 Å². The molecule has 0 aliphatic carbocycles. The standard InChI is InChI=1S/C15H20N8O2/c1-3-23-11(8-9(2)21-23)18-15(25)17-5-7-22-6-4-10-12(22)19-14(16)20-13(10)24/h4,6,8H,3,5,7H2,1-2H3,(H2,17,18,25)(H3,16,19,20,24). The third-order valence-corrected chi connectivity index (χ3v) is 3.70. The minimum absolute atomic E-state index is 0.00107. The Morgan fingerprint density at radius 3 is 2.96 bits per heavy atom. The van der Waals surface area contributed by atoms with Crippen LogP contribution in [0.2, 0.25) is 0 Å². The second-order valence-corrected chi connectivity index (χ2v) is 5.52. The minimum Gasteiger partial charge on any atom is -0.493 e. The summed E-state index contributed by atoms with van der Waals surface area (Å²) in [5.41, 5.74) is 6.92. The van der Waals surface area contributed by atoms with Crippen LogP contribution in [0.4, 0.5) is 16.6 Å². The number of carbonyl (C=O) groups excluding carboxylic acids is 1. The van der Waals surface area contributed by atoms with Gasteiger partial charge >= 0.3 is 6.03 Å². The first-order chi connectivity index (χ1) is 12.0. The molecule has 0 spiro atoms. The number of urea groups is 1. The van der Waals surface area contributed by atoms with Crippen LogP contribution in [-0.2, 0) is 13.1 Å². The molecule has 0 saturated carbocycles. The van der Waals surface area contributed by atoms with Gasteiger partial charge in [-0.3, -0.25) is 5.32 Å². The fourth-order valence-corrected chi connectivity index (χ4v) is 2.58. The van der Waals surface area contributed by atoms with Crippen LogP contribution in [0.1, 0.15) is 12.6 Å². The van der Waals surface area contributed by atoms with E-state index in [-0.39, 0.29) is 17.9 Å². The van der Waals surface area contributed by atoms with Gasteiger partial charge in [0.05, 0.1) is 11.1 Å². The highest BCUT2D eigenvalue weighted by Crippen LogP contribution is 2.22. The number of hydrogen-bond acceptors (Lipinski definition) is 6. The van der Waals surface area contributed by atoms with E-state index in [1.165, 1.54) is 0 Å². The van der Waals surface area contributed by atoms with Crippen molar-refractivity contribution in [3.63, 3.8) is 0 Å². The maximum atomic E-state index is 12.0. The van der Waals surface area contributed by atoms with Crippen molar-refractivity contribution in [2.75, 3.05) is 17.6 Å². The number of aryl methyl sites for hydroxylation is 2. The summed E-state index contributed by atoms with van der Waals surface area (Å²) in [6.07, 6.45) is 1.76. The Labute approximate surface area is 143 Å². The number of nitrogens with two attached hydrogens (primary N) is 1. The second-order valence-electron chi connectivity index (χ2n) is 5.52. The summed E-state index contributed by atoms with van der Waals surface area (Å²) >= 11 is 0. The van der Waals surface area contributed by atoms with E-state index in [0.29, 0.717) is 36.5 Å². The molecule has 0 unspecified atom stereocenters.